The van der Waals surface area contributed by atoms with Gasteiger partial charge in [-0.3, -0.25) is 0 Å². The lowest BCUT2D eigenvalue weighted by molar-refractivity contribution is -0.0176. The first-order valence-corrected chi connectivity index (χ1v) is 10.6. The van der Waals surface area contributed by atoms with E-state index in [2.05, 4.69) is 6.58 Å². The van der Waals surface area contributed by atoms with Crippen molar-refractivity contribution >= 4 is 0 Å². The Kier molecular flexibility index (Phi) is 7.72. The van der Waals surface area contributed by atoms with Crippen LogP contribution in [0.5, 0.6) is 11.5 Å². The molecule has 1 heterocycles. The second-order valence-electron chi connectivity index (χ2n) is 8.07. The van der Waals surface area contributed by atoms with Crippen molar-refractivity contribution in [3.8, 4) is 11.5 Å². The summed E-state index contributed by atoms with van der Waals surface area (Å²) < 4.78 is 45.0. The van der Waals surface area contributed by atoms with Crippen molar-refractivity contribution in [3.63, 3.8) is 0 Å². The molecule has 5 heteroatoms. The summed E-state index contributed by atoms with van der Waals surface area (Å²) in [6.45, 7) is 7.35. The average Bonchev–Trinajstić information content (AvgIpc) is 2.74. The van der Waals surface area contributed by atoms with Gasteiger partial charge in [-0.2, -0.15) is 8.78 Å². The van der Waals surface area contributed by atoms with Crippen LogP contribution in [0.3, 0.4) is 0 Å². The molecular formula is C23H32F2O3. The Morgan fingerprint density at radius 3 is 2.21 bits per heavy atom. The lowest BCUT2D eigenvalue weighted by Gasteiger charge is -2.37. The molecule has 0 bridgehead atoms. The molecule has 1 saturated heterocycles. The van der Waals surface area contributed by atoms with E-state index in [-0.39, 0.29) is 17.6 Å². The molecule has 1 aromatic carbocycles. The monoisotopic (exact) mass is 394 g/mol. The maximum atomic E-state index is 14.2. The van der Waals surface area contributed by atoms with Gasteiger partial charge in [0.25, 0.3) is 0 Å². The van der Waals surface area contributed by atoms with E-state index in [0.717, 1.165) is 45.1 Å². The summed E-state index contributed by atoms with van der Waals surface area (Å²) in [6, 6.07) is 2.91. The molecule has 1 saturated carbocycles. The van der Waals surface area contributed by atoms with Crippen LogP contribution in [0.25, 0.3) is 0 Å². The van der Waals surface area contributed by atoms with Crippen molar-refractivity contribution in [2.75, 3.05) is 19.8 Å². The van der Waals surface area contributed by atoms with Gasteiger partial charge in [-0.05, 0) is 74.8 Å². The molecule has 3 nitrogen and oxygen atoms in total. The molecule has 0 amide bonds. The third-order valence-electron chi connectivity index (χ3n) is 6.11. The Morgan fingerprint density at radius 1 is 1.00 bits per heavy atom. The lowest BCUT2D eigenvalue weighted by Crippen LogP contribution is -2.32. The predicted octanol–water partition coefficient (Wildman–Crippen LogP) is 5.92. The molecule has 156 valence electrons. The second kappa shape index (κ2) is 10.2. The average molecular weight is 395 g/mol. The molecule has 1 aliphatic heterocycles. The largest absolute Gasteiger partial charge is 0.490 e. The molecule has 2 aliphatic rings. The van der Waals surface area contributed by atoms with Crippen molar-refractivity contribution in [1.82, 2.24) is 0 Å². The Bertz CT molecular complexity index is 633. The molecule has 2 atom stereocenters. The van der Waals surface area contributed by atoms with Crippen molar-refractivity contribution in [2.24, 2.45) is 17.8 Å². The number of hydrogen-bond acceptors (Lipinski definition) is 3. The van der Waals surface area contributed by atoms with Crippen LogP contribution in [0, 0.1) is 29.4 Å². The van der Waals surface area contributed by atoms with Crippen LogP contribution in [0.2, 0.25) is 0 Å². The minimum Gasteiger partial charge on any atom is -0.490 e. The van der Waals surface area contributed by atoms with E-state index in [1.54, 1.807) is 0 Å². The predicted molar refractivity (Wildman–Crippen MR) is 106 cm³/mol. The maximum absolute atomic E-state index is 14.2. The van der Waals surface area contributed by atoms with Crippen molar-refractivity contribution in [2.45, 2.75) is 58.0 Å². The Balaban J connectivity index is 1.44. The third kappa shape index (κ3) is 5.25. The van der Waals surface area contributed by atoms with Crippen LogP contribution in [-0.2, 0) is 4.74 Å². The number of benzene rings is 1. The van der Waals surface area contributed by atoms with Crippen molar-refractivity contribution in [1.29, 1.82) is 0 Å². The molecule has 1 aromatic rings. The van der Waals surface area contributed by atoms with E-state index < -0.39 is 11.6 Å². The zero-order chi connectivity index (χ0) is 19.9. The summed E-state index contributed by atoms with van der Waals surface area (Å²) in [5, 5.41) is 0. The summed E-state index contributed by atoms with van der Waals surface area (Å²) in [5.41, 5.74) is 0. The number of hydrogen-bond donors (Lipinski definition) is 0. The van der Waals surface area contributed by atoms with Gasteiger partial charge in [-0.1, -0.05) is 13.0 Å². The standard InChI is InChI=1S/C23H32F2O3/c1-3-13-26-20-11-12-21(23(25)22(20)24)28-14-16-5-7-17(8-6-16)18-9-10-19(4-2)27-15-18/h4,11-12,16-19H,2-3,5-10,13-15H2,1H3. The molecule has 28 heavy (non-hydrogen) atoms. The summed E-state index contributed by atoms with van der Waals surface area (Å²) in [5.74, 6) is -0.282. The minimum absolute atomic E-state index is 0.0281. The summed E-state index contributed by atoms with van der Waals surface area (Å²) in [6.07, 6.45) is 9.57. The van der Waals surface area contributed by atoms with E-state index in [1.807, 2.05) is 13.0 Å². The lowest BCUT2D eigenvalue weighted by atomic mass is 9.74. The minimum atomic E-state index is -0.968. The topological polar surface area (TPSA) is 27.7 Å². The molecule has 2 fully saturated rings. The van der Waals surface area contributed by atoms with Crippen LogP contribution in [0.4, 0.5) is 8.78 Å². The molecule has 1 aliphatic carbocycles. The fourth-order valence-corrected chi connectivity index (χ4v) is 4.33. The van der Waals surface area contributed by atoms with Crippen LogP contribution in [-0.4, -0.2) is 25.9 Å². The maximum Gasteiger partial charge on any atom is 0.204 e. The molecule has 0 spiro atoms. The summed E-state index contributed by atoms with van der Waals surface area (Å²) >= 11 is 0. The van der Waals surface area contributed by atoms with E-state index in [4.69, 9.17) is 14.2 Å². The number of halogens is 2. The Hall–Kier alpha value is -1.62. The number of rotatable bonds is 8. The van der Waals surface area contributed by atoms with Gasteiger partial charge in [-0.25, -0.2) is 0 Å². The van der Waals surface area contributed by atoms with Gasteiger partial charge < -0.3 is 14.2 Å². The Morgan fingerprint density at radius 2 is 1.64 bits per heavy atom. The highest BCUT2D eigenvalue weighted by atomic mass is 19.2. The summed E-state index contributed by atoms with van der Waals surface area (Å²) in [7, 11) is 0. The third-order valence-corrected chi connectivity index (χ3v) is 6.11. The molecule has 2 unspecified atom stereocenters. The molecule has 0 N–H and O–H groups in total. The zero-order valence-electron chi connectivity index (χ0n) is 16.8. The normalized spacial score (nSPS) is 28.0. The highest BCUT2D eigenvalue weighted by Gasteiger charge is 2.31. The number of ether oxygens (including phenoxy) is 3. The van der Waals surface area contributed by atoms with Crippen LogP contribution >= 0.6 is 0 Å². The molecular weight excluding hydrogens is 362 g/mol. The van der Waals surface area contributed by atoms with Gasteiger partial charge in [0.1, 0.15) is 0 Å². The van der Waals surface area contributed by atoms with Gasteiger partial charge in [0.15, 0.2) is 11.5 Å². The van der Waals surface area contributed by atoms with E-state index >= 15 is 0 Å². The SMILES string of the molecule is C=CC1CCC(C2CCC(COc3ccc(OCCC)c(F)c3F)CC2)CO1. The van der Waals surface area contributed by atoms with E-state index in [0.29, 0.717) is 31.0 Å². The quantitative estimate of drug-likeness (QED) is 0.512. The van der Waals surface area contributed by atoms with Gasteiger partial charge >= 0.3 is 0 Å². The fraction of sp³-hybridized carbons (Fsp3) is 0.652. The fourth-order valence-electron chi connectivity index (χ4n) is 4.33. The Labute approximate surface area is 167 Å². The second-order valence-corrected chi connectivity index (χ2v) is 8.07. The highest BCUT2D eigenvalue weighted by molar-refractivity contribution is 5.35. The van der Waals surface area contributed by atoms with Crippen LogP contribution in [0.1, 0.15) is 51.9 Å². The first kappa shape index (κ1) is 21.1. The molecule has 0 radical (unpaired) electrons. The summed E-state index contributed by atoms with van der Waals surface area (Å²) in [4.78, 5) is 0. The van der Waals surface area contributed by atoms with Crippen molar-refractivity contribution < 1.29 is 23.0 Å². The van der Waals surface area contributed by atoms with E-state index in [1.165, 1.54) is 18.6 Å². The van der Waals surface area contributed by atoms with E-state index in [9.17, 15) is 8.78 Å². The first-order chi connectivity index (χ1) is 13.6. The molecule has 3 rings (SSSR count). The molecule has 0 aromatic heterocycles. The van der Waals surface area contributed by atoms with Gasteiger partial charge in [0.2, 0.25) is 11.6 Å². The van der Waals surface area contributed by atoms with Gasteiger partial charge in [0.05, 0.1) is 25.9 Å². The zero-order valence-corrected chi connectivity index (χ0v) is 16.8. The van der Waals surface area contributed by atoms with Crippen LogP contribution in [0.15, 0.2) is 24.8 Å². The van der Waals surface area contributed by atoms with Crippen molar-refractivity contribution in [3.05, 3.63) is 36.4 Å². The van der Waals surface area contributed by atoms with Gasteiger partial charge in [-0.15, -0.1) is 6.58 Å². The van der Waals surface area contributed by atoms with Crippen LogP contribution < -0.4 is 9.47 Å². The highest BCUT2D eigenvalue weighted by Crippen LogP contribution is 2.38. The first-order valence-electron chi connectivity index (χ1n) is 10.6. The van der Waals surface area contributed by atoms with Gasteiger partial charge in [0, 0.05) is 0 Å². The smallest absolute Gasteiger partial charge is 0.204 e.